The predicted molar refractivity (Wildman–Crippen MR) is 141 cm³/mol. The first-order valence-corrected chi connectivity index (χ1v) is 12.4. The standard InChI is InChI=1S/C27H22ClN5OS/c1-33-26(31-32-27(33)35-17-25(34)29-16-18-11-13-20(28)14-12-18)22-15-24(19-7-3-2-4-8-19)30-23-10-6-5-9-21(22)23/h2-15H,16-17H2,1H3,(H,29,34). The van der Waals surface area contributed by atoms with Crippen molar-refractivity contribution in [3.8, 4) is 22.6 Å². The molecule has 5 aromatic rings. The smallest absolute Gasteiger partial charge is 0.230 e. The highest BCUT2D eigenvalue weighted by atomic mass is 35.5. The zero-order valence-electron chi connectivity index (χ0n) is 19.0. The second-order valence-electron chi connectivity index (χ2n) is 8.00. The Morgan fingerprint density at radius 3 is 2.51 bits per heavy atom. The van der Waals surface area contributed by atoms with Crippen LogP contribution in [0.5, 0.6) is 0 Å². The lowest BCUT2D eigenvalue weighted by Gasteiger charge is -2.10. The van der Waals surface area contributed by atoms with Crippen molar-refractivity contribution in [1.29, 1.82) is 0 Å². The lowest BCUT2D eigenvalue weighted by Crippen LogP contribution is -2.24. The van der Waals surface area contributed by atoms with Crippen molar-refractivity contribution in [2.24, 2.45) is 7.05 Å². The molecule has 0 spiro atoms. The average Bonchev–Trinajstić information content (AvgIpc) is 3.26. The zero-order valence-corrected chi connectivity index (χ0v) is 20.6. The Bertz CT molecular complexity index is 1490. The highest BCUT2D eigenvalue weighted by Gasteiger charge is 2.17. The molecule has 0 radical (unpaired) electrons. The number of carbonyl (C=O) groups excluding carboxylic acids is 1. The van der Waals surface area contributed by atoms with E-state index in [0.717, 1.165) is 39.1 Å². The molecule has 2 aromatic heterocycles. The molecule has 0 bridgehead atoms. The first-order chi connectivity index (χ1) is 17.1. The minimum absolute atomic E-state index is 0.0739. The molecule has 1 amide bonds. The maximum Gasteiger partial charge on any atom is 0.230 e. The minimum Gasteiger partial charge on any atom is -0.351 e. The number of nitrogens with zero attached hydrogens (tertiary/aromatic N) is 4. The number of rotatable bonds is 7. The van der Waals surface area contributed by atoms with Crippen LogP contribution in [0.3, 0.4) is 0 Å². The number of nitrogens with one attached hydrogen (secondary N) is 1. The summed E-state index contributed by atoms with van der Waals surface area (Å²) in [5, 5.41) is 14.1. The Balaban J connectivity index is 1.36. The van der Waals surface area contributed by atoms with E-state index >= 15 is 0 Å². The fraction of sp³-hybridized carbons (Fsp3) is 0.111. The van der Waals surface area contributed by atoms with Crippen LogP contribution >= 0.6 is 23.4 Å². The number of hydrogen-bond donors (Lipinski definition) is 1. The Kier molecular flexibility index (Phi) is 6.79. The van der Waals surface area contributed by atoms with Gasteiger partial charge in [-0.2, -0.15) is 0 Å². The monoisotopic (exact) mass is 499 g/mol. The topological polar surface area (TPSA) is 72.7 Å². The van der Waals surface area contributed by atoms with Gasteiger partial charge in [-0.15, -0.1) is 10.2 Å². The molecule has 0 saturated heterocycles. The third-order valence-corrected chi connectivity index (χ3v) is 6.87. The van der Waals surface area contributed by atoms with Crippen LogP contribution in [-0.4, -0.2) is 31.4 Å². The number of amides is 1. The maximum atomic E-state index is 12.4. The number of thioether (sulfide) groups is 1. The van der Waals surface area contributed by atoms with Crippen molar-refractivity contribution in [2.75, 3.05) is 5.75 Å². The number of para-hydroxylation sites is 1. The summed E-state index contributed by atoms with van der Waals surface area (Å²) >= 11 is 7.27. The quantitative estimate of drug-likeness (QED) is 0.288. The molecule has 3 aromatic carbocycles. The zero-order chi connectivity index (χ0) is 24.2. The van der Waals surface area contributed by atoms with Crippen molar-refractivity contribution in [3.63, 3.8) is 0 Å². The van der Waals surface area contributed by atoms with Gasteiger partial charge in [0, 0.05) is 35.1 Å². The number of benzene rings is 3. The van der Waals surface area contributed by atoms with Crippen LogP contribution in [0.1, 0.15) is 5.56 Å². The van der Waals surface area contributed by atoms with Crippen LogP contribution in [0.2, 0.25) is 5.02 Å². The molecule has 0 fully saturated rings. The van der Waals surface area contributed by atoms with Gasteiger partial charge in [-0.3, -0.25) is 4.79 Å². The van der Waals surface area contributed by atoms with Gasteiger partial charge in [-0.1, -0.05) is 84.0 Å². The number of hydrogen-bond acceptors (Lipinski definition) is 5. The lowest BCUT2D eigenvalue weighted by atomic mass is 10.0. The normalized spacial score (nSPS) is 11.0. The van der Waals surface area contributed by atoms with E-state index in [1.54, 1.807) is 0 Å². The van der Waals surface area contributed by atoms with Crippen molar-refractivity contribution in [3.05, 3.63) is 95.5 Å². The van der Waals surface area contributed by atoms with Gasteiger partial charge in [0.1, 0.15) is 0 Å². The molecule has 0 aliphatic rings. The second-order valence-corrected chi connectivity index (χ2v) is 9.37. The molecule has 0 saturated carbocycles. The van der Waals surface area contributed by atoms with E-state index in [-0.39, 0.29) is 11.7 Å². The number of pyridine rings is 1. The van der Waals surface area contributed by atoms with E-state index in [1.807, 2.05) is 90.5 Å². The van der Waals surface area contributed by atoms with E-state index in [4.69, 9.17) is 16.6 Å². The Morgan fingerprint density at radius 1 is 0.971 bits per heavy atom. The summed E-state index contributed by atoms with van der Waals surface area (Å²) in [6.45, 7) is 0.450. The molecule has 0 aliphatic heterocycles. The summed E-state index contributed by atoms with van der Waals surface area (Å²) in [6, 6.07) is 27.6. The van der Waals surface area contributed by atoms with Gasteiger partial charge >= 0.3 is 0 Å². The largest absolute Gasteiger partial charge is 0.351 e. The fourth-order valence-electron chi connectivity index (χ4n) is 3.78. The molecule has 5 rings (SSSR count). The summed E-state index contributed by atoms with van der Waals surface area (Å²) in [7, 11) is 1.92. The molecule has 1 N–H and O–H groups in total. The summed E-state index contributed by atoms with van der Waals surface area (Å²) in [5.74, 6) is 0.895. The highest BCUT2D eigenvalue weighted by molar-refractivity contribution is 7.99. The van der Waals surface area contributed by atoms with Crippen LogP contribution in [0.25, 0.3) is 33.5 Å². The van der Waals surface area contributed by atoms with E-state index < -0.39 is 0 Å². The van der Waals surface area contributed by atoms with Gasteiger partial charge in [0.05, 0.1) is 17.0 Å². The SMILES string of the molecule is Cn1c(SCC(=O)NCc2ccc(Cl)cc2)nnc1-c1cc(-c2ccccc2)nc2ccccc12. The number of fused-ring (bicyclic) bond motifs is 1. The lowest BCUT2D eigenvalue weighted by molar-refractivity contribution is -0.118. The average molecular weight is 500 g/mol. The van der Waals surface area contributed by atoms with Crippen LogP contribution in [-0.2, 0) is 18.4 Å². The van der Waals surface area contributed by atoms with E-state index in [9.17, 15) is 4.79 Å². The van der Waals surface area contributed by atoms with E-state index in [1.165, 1.54) is 11.8 Å². The summed E-state index contributed by atoms with van der Waals surface area (Å²) < 4.78 is 1.92. The molecule has 174 valence electrons. The van der Waals surface area contributed by atoms with Crippen molar-refractivity contribution < 1.29 is 4.79 Å². The predicted octanol–water partition coefficient (Wildman–Crippen LogP) is 5.76. The van der Waals surface area contributed by atoms with Gasteiger partial charge in [0.25, 0.3) is 0 Å². The van der Waals surface area contributed by atoms with E-state index in [0.29, 0.717) is 16.7 Å². The Hall–Kier alpha value is -3.68. The van der Waals surface area contributed by atoms with Crippen molar-refractivity contribution >= 4 is 40.2 Å². The van der Waals surface area contributed by atoms with Gasteiger partial charge in [-0.05, 0) is 29.8 Å². The summed E-state index contributed by atoms with van der Waals surface area (Å²) in [4.78, 5) is 17.3. The van der Waals surface area contributed by atoms with Gasteiger partial charge in [0.15, 0.2) is 11.0 Å². The van der Waals surface area contributed by atoms with Crippen molar-refractivity contribution in [1.82, 2.24) is 25.1 Å². The summed E-state index contributed by atoms with van der Waals surface area (Å²) in [5.41, 5.74) is 4.74. The van der Waals surface area contributed by atoms with Crippen LogP contribution in [0.15, 0.2) is 90.1 Å². The molecular formula is C27H22ClN5OS. The summed E-state index contributed by atoms with van der Waals surface area (Å²) in [6.07, 6.45) is 0. The van der Waals surface area contributed by atoms with Gasteiger partial charge < -0.3 is 9.88 Å². The van der Waals surface area contributed by atoms with Crippen LogP contribution in [0, 0.1) is 0 Å². The molecular weight excluding hydrogens is 478 g/mol. The Morgan fingerprint density at radius 2 is 1.71 bits per heavy atom. The third kappa shape index (κ3) is 5.21. The fourth-order valence-corrected chi connectivity index (χ4v) is 4.64. The molecule has 8 heteroatoms. The molecule has 0 unspecified atom stereocenters. The molecule has 0 atom stereocenters. The van der Waals surface area contributed by atoms with Crippen LogP contribution < -0.4 is 5.32 Å². The number of aromatic nitrogens is 4. The second kappa shape index (κ2) is 10.3. The maximum absolute atomic E-state index is 12.4. The molecule has 0 aliphatic carbocycles. The van der Waals surface area contributed by atoms with Crippen LogP contribution in [0.4, 0.5) is 0 Å². The van der Waals surface area contributed by atoms with Crippen molar-refractivity contribution in [2.45, 2.75) is 11.7 Å². The minimum atomic E-state index is -0.0739. The first-order valence-electron chi connectivity index (χ1n) is 11.1. The molecule has 2 heterocycles. The van der Waals surface area contributed by atoms with Gasteiger partial charge in [-0.25, -0.2) is 4.98 Å². The number of halogens is 1. The highest BCUT2D eigenvalue weighted by Crippen LogP contribution is 2.32. The van der Waals surface area contributed by atoms with Gasteiger partial charge in [0.2, 0.25) is 5.91 Å². The molecule has 6 nitrogen and oxygen atoms in total. The Labute approximate surface area is 212 Å². The first kappa shape index (κ1) is 23.1. The number of carbonyl (C=O) groups is 1. The third-order valence-electron chi connectivity index (χ3n) is 5.60. The van der Waals surface area contributed by atoms with E-state index in [2.05, 4.69) is 21.6 Å². The molecule has 35 heavy (non-hydrogen) atoms.